The molecule has 0 radical (unpaired) electrons. The van der Waals surface area contributed by atoms with Crippen molar-refractivity contribution in [2.75, 3.05) is 45.3 Å². The molecule has 6 N–H and O–H groups in total. The molecule has 3 heterocycles. The highest BCUT2D eigenvalue weighted by molar-refractivity contribution is 7.94. The van der Waals surface area contributed by atoms with Gasteiger partial charge in [-0.25, -0.2) is 19.6 Å². The molecule has 3 atom stereocenters. The predicted molar refractivity (Wildman–Crippen MR) is 494 cm³/mol. The van der Waals surface area contributed by atoms with Crippen LogP contribution in [0, 0.1) is 41.4 Å². The zero-order valence-corrected chi connectivity index (χ0v) is 78.2. The van der Waals surface area contributed by atoms with E-state index in [4.69, 9.17) is 56.5 Å². The average molecular weight is 1860 g/mol. The second-order valence-corrected chi connectivity index (χ2v) is 38.8. The molecule has 1 saturated heterocycles. The number of nitrogens with zero attached hydrogens (tertiary/aromatic N) is 2. The summed E-state index contributed by atoms with van der Waals surface area (Å²) in [6.07, 6.45) is 6.56. The van der Waals surface area contributed by atoms with Crippen LogP contribution in [0.1, 0.15) is 176 Å². The number of carbonyl (C=O) groups excluding carboxylic acids is 5. The number of amides is 1. The van der Waals surface area contributed by atoms with Crippen molar-refractivity contribution < 1.29 is 122 Å². The molecule has 2 aromatic heterocycles. The third-order valence-corrected chi connectivity index (χ3v) is 25.2. The molecule has 11 rings (SSSR count). The van der Waals surface area contributed by atoms with Crippen LogP contribution in [-0.4, -0.2) is 137 Å². The van der Waals surface area contributed by atoms with Gasteiger partial charge in [-0.05, 0) is 236 Å². The number of carboxylic acid groups (broad SMARTS) is 3. The van der Waals surface area contributed by atoms with Gasteiger partial charge in [-0.15, -0.1) is 0 Å². The number of nitrogens with one attached hydrogen (secondary N) is 2. The molecule has 8 aromatic carbocycles. The first-order valence-electron chi connectivity index (χ1n) is 43.3. The average Bonchev–Trinajstić information content (AvgIpc) is 1.02. The number of carbonyl (C=O) groups is 8. The summed E-state index contributed by atoms with van der Waals surface area (Å²) in [6, 6.07) is 65.4. The van der Waals surface area contributed by atoms with E-state index in [1.165, 1.54) is 0 Å². The van der Waals surface area contributed by atoms with E-state index in [-0.39, 0.29) is 25.0 Å². The van der Waals surface area contributed by atoms with Crippen LogP contribution in [0.5, 0.6) is 23.0 Å². The normalized spacial score (nSPS) is 13.2. The van der Waals surface area contributed by atoms with Crippen molar-refractivity contribution in [1.29, 1.82) is 0 Å². The van der Waals surface area contributed by atoms with E-state index in [0.717, 1.165) is 76.4 Å². The fourth-order valence-electron chi connectivity index (χ4n) is 12.8. The zero-order valence-electron chi connectivity index (χ0n) is 76.5. The number of ether oxygens (including phenoxy) is 6. The summed E-state index contributed by atoms with van der Waals surface area (Å²) >= 11 is 0. The van der Waals surface area contributed by atoms with Gasteiger partial charge in [0.25, 0.3) is 16.0 Å². The molecule has 2 unspecified atom stereocenters. The molecule has 0 spiro atoms. The summed E-state index contributed by atoms with van der Waals surface area (Å²) in [4.78, 5) is 106. The monoisotopic (exact) mass is 1850 g/mol. The Bertz CT molecular complexity index is 5480. The number of rotatable bonds is 45. The summed E-state index contributed by atoms with van der Waals surface area (Å²) in [6.45, 7) is 20.6. The number of hydrogen-bond acceptors (Lipinski definition) is 25. The van der Waals surface area contributed by atoms with Gasteiger partial charge in [0.2, 0.25) is 25.4 Å². The number of unbranched alkanes of at least 4 members (excludes halogenated alkanes) is 2. The topological polar surface area (TPSA) is 428 Å². The minimum Gasteiger partial charge on any atom is -0.493 e. The Morgan fingerprint density at radius 2 is 0.970 bits per heavy atom. The minimum absolute atomic E-state index is 0.138. The Balaban J connectivity index is 0.000000223. The van der Waals surface area contributed by atoms with E-state index in [1.807, 2.05) is 153 Å². The Labute approximate surface area is 770 Å². The number of hydrogen-bond donors (Lipinski definition) is 6. The van der Waals surface area contributed by atoms with Gasteiger partial charge in [-0.2, -0.15) is 13.9 Å². The first-order valence-corrected chi connectivity index (χ1v) is 46.4. The van der Waals surface area contributed by atoms with Crippen LogP contribution in [0.15, 0.2) is 227 Å². The first kappa shape index (κ1) is 105. The number of benzene rings is 8. The Morgan fingerprint density at radius 3 is 1.42 bits per heavy atom. The van der Waals surface area contributed by atoms with Crippen molar-refractivity contribution in [3.63, 3.8) is 0 Å². The van der Waals surface area contributed by atoms with E-state index in [0.29, 0.717) is 117 Å². The zero-order chi connectivity index (χ0) is 96.2. The molecule has 10 aromatic rings. The molecule has 1 amide bonds. The maximum Gasteiger partial charge on any atom is 0.357 e. The van der Waals surface area contributed by atoms with Crippen molar-refractivity contribution >= 4 is 70.9 Å². The highest BCUT2D eigenvalue weighted by Gasteiger charge is 2.46. The maximum atomic E-state index is 13.7. The molecule has 1 fully saturated rings. The molecule has 132 heavy (non-hydrogen) atoms. The maximum absolute atomic E-state index is 13.7. The van der Waals surface area contributed by atoms with Gasteiger partial charge >= 0.3 is 43.4 Å². The fraction of sp³-hybridized carbons (Fsp3) is 0.380. The number of ketones is 1. The fourth-order valence-corrected chi connectivity index (χ4v) is 16.2. The van der Waals surface area contributed by atoms with Crippen molar-refractivity contribution in [3.05, 3.63) is 269 Å². The number of oxazole rings is 2. The largest absolute Gasteiger partial charge is 0.493 e. The summed E-state index contributed by atoms with van der Waals surface area (Å²) in [5, 5.41) is 30.9. The Hall–Kier alpha value is -12.6. The summed E-state index contributed by atoms with van der Waals surface area (Å²) < 4.78 is 103. The molecule has 1 aliphatic rings. The molecule has 0 saturated carbocycles. The van der Waals surface area contributed by atoms with E-state index >= 15 is 0 Å². The molecular weight excluding hydrogens is 1740 g/mol. The van der Waals surface area contributed by atoms with Crippen LogP contribution in [0.25, 0.3) is 22.9 Å². The predicted octanol–water partition coefficient (Wildman–Crippen LogP) is 19.5. The quantitative estimate of drug-likeness (QED) is 0.00302. The van der Waals surface area contributed by atoms with Crippen molar-refractivity contribution in [2.45, 2.75) is 178 Å². The third-order valence-electron chi connectivity index (χ3n) is 20.9. The molecule has 0 bridgehead atoms. The lowest BCUT2D eigenvalue weighted by molar-refractivity contribution is -0.162. The number of aromatic nitrogens is 2. The van der Waals surface area contributed by atoms with Gasteiger partial charge in [0.15, 0.2) is 10.8 Å². The van der Waals surface area contributed by atoms with E-state index < -0.39 is 112 Å². The lowest BCUT2D eigenvalue weighted by atomic mass is 9.87. The van der Waals surface area contributed by atoms with Crippen LogP contribution in [-0.2, 0) is 108 Å². The molecule has 30 nitrogen and oxygen atoms in total. The standard InChI is InChI=1S/C34H30N2O5.C28H39O11PS.C22H20N2O5.C16H30O5/c1-23-29(36-33(41-23)26-12-6-3-7-13-26)20-21-40-27-18-16-24(17-19-27)22-31(34(38)39)35-30-15-9-8-14-28(30)32(37)25-10-4-2-5-11-25;1-27(2,3)25(29)35-19-37-40(31,38-20-36-26(30)28(4,5)6)24(41(32,33)34)17-11-13-21-12-10-16-23(18-21)39-22-14-8-7-9-15-22;1-14-19(23-21(28-14)16-5-3-2-4-6-16)11-12-27-17-9-7-15(8-10-17)13-18-20(25)24-29-22(18)26;1-15(2,13(17)18)9-5-7-11-21-12-8-6-10-16(3,4)14(19)20/h2-19,31,35H,20-22H2,1H3,(H,38,39);7-10,12,14-16,18,24H,11,13,17,19-20H2,1-6H3,(H,32,33,34);2-10,18H,11-13H2,1H3,(H,24,25);5-12H2,1-4H3,(H,17,18)(H,19,20)/t31-;;;/m0.../s1. The second kappa shape index (κ2) is 50.1. The Kier molecular flexibility index (Phi) is 39.8. The lowest BCUT2D eigenvalue weighted by Gasteiger charge is -2.26. The summed E-state index contributed by atoms with van der Waals surface area (Å²) in [5.41, 5.74) is 6.42. The van der Waals surface area contributed by atoms with Gasteiger partial charge < -0.3 is 62.7 Å². The highest BCUT2D eigenvalue weighted by Crippen LogP contribution is 2.57. The molecular formula is C100H119N4O26PS. The van der Waals surface area contributed by atoms with E-state index in [1.54, 1.807) is 148 Å². The third kappa shape index (κ3) is 34.3. The molecule has 1 aliphatic heterocycles. The number of para-hydroxylation sites is 2. The van der Waals surface area contributed by atoms with Crippen molar-refractivity contribution in [2.24, 2.45) is 27.6 Å². The Morgan fingerprint density at radius 1 is 0.515 bits per heavy atom. The highest BCUT2D eigenvalue weighted by atomic mass is 32.2. The SMILES string of the molecule is CC(C)(C)C(=O)OCOP(=O)(OCOC(=O)C(C)(C)C)C(CCCc1cccc(Oc2ccccc2)c1)S(=O)(=O)O.CC(C)(CCCCOCCCCC(C)(C)C(=O)O)C(=O)O.Cc1oc(-c2ccccc2)nc1CCOc1ccc(CC2C(=O)NOC2=O)cc1.Cc1oc(-c2ccccc2)nc1CCOc1ccc(C[C@H](Nc2ccccc2C(=O)c2ccccc2)C(=O)O)cc1. The molecule has 0 aliphatic carbocycles. The van der Waals surface area contributed by atoms with Crippen LogP contribution in [0.2, 0.25) is 0 Å². The van der Waals surface area contributed by atoms with Gasteiger partial charge in [0.1, 0.15) is 46.5 Å². The van der Waals surface area contributed by atoms with Gasteiger partial charge in [-0.3, -0.25) is 46.9 Å². The van der Waals surface area contributed by atoms with Gasteiger partial charge in [-0.1, -0.05) is 146 Å². The number of hydroxylamine groups is 1. The van der Waals surface area contributed by atoms with E-state index in [2.05, 4.69) is 25.6 Å². The van der Waals surface area contributed by atoms with Gasteiger partial charge in [0, 0.05) is 60.4 Å². The molecule has 32 heteroatoms. The minimum atomic E-state index is -5.00. The van der Waals surface area contributed by atoms with Crippen molar-refractivity contribution in [3.8, 4) is 45.9 Å². The van der Waals surface area contributed by atoms with Gasteiger partial charge in [0.05, 0.1) is 46.3 Å². The summed E-state index contributed by atoms with van der Waals surface area (Å²) in [7, 11) is -9.76. The van der Waals surface area contributed by atoms with Crippen molar-refractivity contribution in [1.82, 2.24) is 15.4 Å². The van der Waals surface area contributed by atoms with E-state index in [9.17, 15) is 61.0 Å². The van der Waals surface area contributed by atoms with Crippen LogP contribution in [0.3, 0.4) is 0 Å². The smallest absolute Gasteiger partial charge is 0.357 e. The number of aryl methyl sites for hydroxylation is 3. The number of anilines is 1. The van der Waals surface area contributed by atoms with Crippen LogP contribution >= 0.6 is 7.60 Å². The summed E-state index contributed by atoms with van der Waals surface area (Å²) in [5.74, 6) is -0.515. The number of carboxylic acids is 3. The second-order valence-electron chi connectivity index (χ2n) is 34.6. The molecule has 706 valence electrons. The van der Waals surface area contributed by atoms with Crippen LogP contribution in [0.4, 0.5) is 5.69 Å². The van der Waals surface area contributed by atoms with Crippen LogP contribution < -0.4 is 25.0 Å². The number of aliphatic carboxylic acids is 3. The lowest BCUT2D eigenvalue weighted by Crippen LogP contribution is -2.32. The number of esters is 2. The first-order chi connectivity index (χ1) is 62.6.